The van der Waals surface area contributed by atoms with Crippen molar-refractivity contribution in [3.63, 3.8) is 0 Å². The lowest BCUT2D eigenvalue weighted by Crippen LogP contribution is -2.28. The molecule has 7 heteroatoms. The number of fused-ring (bicyclic) bond motifs is 2. The normalized spacial score (nSPS) is 12.9. The third-order valence-electron chi connectivity index (χ3n) is 4.81. The number of benzene rings is 1. The maximum absolute atomic E-state index is 4.62. The Hall–Kier alpha value is -2.15. The number of nitrogens with zero attached hydrogens (tertiary/aromatic N) is 5. The topological polar surface area (TPSA) is 62.6 Å². The van der Waals surface area contributed by atoms with E-state index in [1.807, 2.05) is 6.07 Å². The number of H-pyrrole nitrogens is 1. The fourth-order valence-electron chi connectivity index (χ4n) is 3.45. The highest BCUT2D eigenvalue weighted by atomic mass is 79.9. The van der Waals surface area contributed by atoms with Crippen LogP contribution in [0.25, 0.3) is 0 Å². The van der Waals surface area contributed by atoms with E-state index in [2.05, 4.69) is 76.8 Å². The van der Waals surface area contributed by atoms with Gasteiger partial charge in [0.15, 0.2) is 10.6 Å². The molecule has 2 aromatic heterocycles. The number of imidazole rings is 1. The van der Waals surface area contributed by atoms with Crippen molar-refractivity contribution in [1.29, 1.82) is 0 Å². The molecule has 136 valence electrons. The minimum Gasteiger partial charge on any atom is -0.333 e. The number of unbranched alkanes of at least 4 members (excludes halogenated alkanes) is 2. The molecule has 0 fully saturated rings. The number of aromatic amines is 1. The smallest absolute Gasteiger partial charge is 0.233 e. The Kier molecular flexibility index (Phi) is 5.06. The molecule has 1 aliphatic heterocycles. The van der Waals surface area contributed by atoms with E-state index in [1.54, 1.807) is 0 Å². The molecule has 1 N–H and O–H groups in total. The van der Waals surface area contributed by atoms with Crippen molar-refractivity contribution >= 4 is 27.7 Å². The largest absolute Gasteiger partial charge is 0.333 e. The van der Waals surface area contributed by atoms with Crippen molar-refractivity contribution in [3.05, 3.63) is 52.1 Å². The zero-order valence-corrected chi connectivity index (χ0v) is 16.5. The van der Waals surface area contributed by atoms with Gasteiger partial charge in [0.25, 0.3) is 0 Å². The number of aryl methyl sites for hydroxylation is 2. The van der Waals surface area contributed by atoms with E-state index in [-0.39, 0.29) is 0 Å². The van der Waals surface area contributed by atoms with E-state index >= 15 is 0 Å². The molecule has 1 aliphatic rings. The SMILES string of the molecule is CCCCCN1c2nc(Br)[nH]c2Cn2c(CCc3ccccc3)nnc21. The van der Waals surface area contributed by atoms with Gasteiger partial charge in [-0.05, 0) is 34.3 Å². The molecule has 0 saturated heterocycles. The van der Waals surface area contributed by atoms with Crippen molar-refractivity contribution in [2.24, 2.45) is 0 Å². The molecule has 4 rings (SSSR count). The van der Waals surface area contributed by atoms with Crippen LogP contribution in [-0.4, -0.2) is 31.3 Å². The average Bonchev–Trinajstić information content (AvgIpc) is 3.23. The first kappa shape index (κ1) is 17.3. The minimum absolute atomic E-state index is 0.741. The van der Waals surface area contributed by atoms with Gasteiger partial charge >= 0.3 is 0 Å². The Morgan fingerprint density at radius 1 is 1.12 bits per heavy atom. The van der Waals surface area contributed by atoms with Crippen molar-refractivity contribution in [2.75, 3.05) is 11.4 Å². The van der Waals surface area contributed by atoms with Crippen molar-refractivity contribution in [3.8, 4) is 0 Å². The van der Waals surface area contributed by atoms with Gasteiger partial charge in [0.1, 0.15) is 5.82 Å². The second-order valence-corrected chi connectivity index (χ2v) is 7.43. The first-order valence-corrected chi connectivity index (χ1v) is 10.0. The molecule has 3 heterocycles. The van der Waals surface area contributed by atoms with Crippen LogP contribution in [0.4, 0.5) is 11.8 Å². The summed E-state index contributed by atoms with van der Waals surface area (Å²) in [5, 5.41) is 9.00. The van der Waals surface area contributed by atoms with Gasteiger partial charge in [-0.2, -0.15) is 0 Å². The zero-order valence-electron chi connectivity index (χ0n) is 15.0. The molecular formula is C19H23BrN6. The molecular weight excluding hydrogens is 392 g/mol. The fraction of sp³-hybridized carbons (Fsp3) is 0.421. The lowest BCUT2D eigenvalue weighted by atomic mass is 10.1. The van der Waals surface area contributed by atoms with Crippen LogP contribution in [0.1, 0.15) is 43.3 Å². The van der Waals surface area contributed by atoms with Gasteiger partial charge in [0, 0.05) is 13.0 Å². The van der Waals surface area contributed by atoms with E-state index < -0.39 is 0 Å². The Bertz CT molecular complexity index is 870. The summed E-state index contributed by atoms with van der Waals surface area (Å²) in [5.74, 6) is 2.92. The van der Waals surface area contributed by atoms with Crippen LogP contribution in [0.5, 0.6) is 0 Å². The molecule has 26 heavy (non-hydrogen) atoms. The number of aromatic nitrogens is 5. The van der Waals surface area contributed by atoms with Crippen LogP contribution in [-0.2, 0) is 19.4 Å². The predicted octanol–water partition coefficient (Wildman–Crippen LogP) is 4.24. The van der Waals surface area contributed by atoms with Crippen molar-refractivity contribution in [1.82, 2.24) is 24.7 Å². The molecule has 0 unspecified atom stereocenters. The number of hydrogen-bond donors (Lipinski definition) is 1. The quantitative estimate of drug-likeness (QED) is 0.587. The van der Waals surface area contributed by atoms with E-state index in [9.17, 15) is 0 Å². The molecule has 0 amide bonds. The molecule has 1 aromatic carbocycles. The highest BCUT2D eigenvalue weighted by Crippen LogP contribution is 2.34. The summed E-state index contributed by atoms with van der Waals surface area (Å²) in [7, 11) is 0. The summed E-state index contributed by atoms with van der Waals surface area (Å²) >= 11 is 3.48. The number of rotatable bonds is 7. The maximum Gasteiger partial charge on any atom is 0.233 e. The van der Waals surface area contributed by atoms with Gasteiger partial charge < -0.3 is 4.98 Å². The van der Waals surface area contributed by atoms with Crippen LogP contribution in [0, 0.1) is 0 Å². The van der Waals surface area contributed by atoms with E-state index in [1.165, 1.54) is 18.4 Å². The van der Waals surface area contributed by atoms with E-state index in [4.69, 9.17) is 0 Å². The van der Waals surface area contributed by atoms with Crippen molar-refractivity contribution in [2.45, 2.75) is 45.6 Å². The summed E-state index contributed by atoms with van der Waals surface area (Å²) < 4.78 is 2.99. The first-order valence-electron chi connectivity index (χ1n) is 9.24. The number of halogens is 1. The fourth-order valence-corrected chi connectivity index (χ4v) is 3.86. The van der Waals surface area contributed by atoms with Crippen molar-refractivity contribution < 1.29 is 0 Å². The summed E-state index contributed by atoms with van der Waals surface area (Å²) in [4.78, 5) is 10.2. The van der Waals surface area contributed by atoms with Gasteiger partial charge in [0.2, 0.25) is 5.95 Å². The Morgan fingerprint density at radius 3 is 2.77 bits per heavy atom. The number of hydrogen-bond acceptors (Lipinski definition) is 4. The van der Waals surface area contributed by atoms with E-state index in [0.717, 1.165) is 60.4 Å². The highest BCUT2D eigenvalue weighted by Gasteiger charge is 2.29. The monoisotopic (exact) mass is 414 g/mol. The second-order valence-electron chi connectivity index (χ2n) is 6.68. The molecule has 0 spiro atoms. The summed E-state index contributed by atoms with van der Waals surface area (Å²) in [6.45, 7) is 3.87. The Morgan fingerprint density at radius 2 is 1.96 bits per heavy atom. The van der Waals surface area contributed by atoms with Crippen LogP contribution in [0.3, 0.4) is 0 Å². The Balaban J connectivity index is 1.58. The molecule has 0 atom stereocenters. The second kappa shape index (κ2) is 7.61. The standard InChI is InChI=1S/C19H23BrN6/c1-2-3-7-12-25-17-15(21-18(20)22-17)13-26-16(23-24-19(25)26)11-10-14-8-5-4-6-9-14/h4-6,8-9H,2-3,7,10-13H2,1H3,(H,21,22). The first-order chi connectivity index (χ1) is 12.8. The molecule has 0 radical (unpaired) electrons. The lowest BCUT2D eigenvalue weighted by molar-refractivity contribution is 0.647. The summed E-state index contributed by atoms with van der Waals surface area (Å²) in [6, 6.07) is 10.5. The molecule has 0 aliphatic carbocycles. The highest BCUT2D eigenvalue weighted by molar-refractivity contribution is 9.10. The zero-order chi connectivity index (χ0) is 17.9. The average molecular weight is 415 g/mol. The third kappa shape index (κ3) is 3.40. The van der Waals surface area contributed by atoms with Crippen LogP contribution >= 0.6 is 15.9 Å². The van der Waals surface area contributed by atoms with Gasteiger partial charge in [-0.1, -0.05) is 50.1 Å². The van der Waals surface area contributed by atoms with E-state index in [0.29, 0.717) is 0 Å². The maximum atomic E-state index is 4.62. The van der Waals surface area contributed by atoms with Gasteiger partial charge in [-0.15, -0.1) is 10.2 Å². The van der Waals surface area contributed by atoms with Gasteiger partial charge in [-0.25, -0.2) is 4.98 Å². The Labute approximate surface area is 161 Å². The molecule has 0 bridgehead atoms. The predicted molar refractivity (Wildman–Crippen MR) is 106 cm³/mol. The lowest BCUT2D eigenvalue weighted by Gasteiger charge is -2.27. The minimum atomic E-state index is 0.741. The molecule has 6 nitrogen and oxygen atoms in total. The number of anilines is 2. The molecule has 3 aromatic rings. The van der Waals surface area contributed by atoms with Crippen LogP contribution in [0.15, 0.2) is 35.1 Å². The molecule has 0 saturated carbocycles. The van der Waals surface area contributed by atoms with Gasteiger partial charge in [0.05, 0.1) is 12.2 Å². The number of nitrogens with one attached hydrogen (secondary N) is 1. The summed E-state index contributed by atoms with van der Waals surface area (Å²) in [5.41, 5.74) is 2.44. The third-order valence-corrected chi connectivity index (χ3v) is 5.19. The van der Waals surface area contributed by atoms with Crippen LogP contribution < -0.4 is 4.90 Å². The van der Waals surface area contributed by atoms with Gasteiger partial charge in [-0.3, -0.25) is 9.47 Å². The summed E-state index contributed by atoms with van der Waals surface area (Å²) in [6.07, 6.45) is 5.36. The van der Waals surface area contributed by atoms with Crippen LogP contribution in [0.2, 0.25) is 0 Å².